The Hall–Kier alpha value is -1.86. The minimum atomic E-state index is -3.63. The van der Waals surface area contributed by atoms with Crippen molar-refractivity contribution in [3.8, 4) is 5.75 Å². The molecule has 0 heterocycles. The lowest BCUT2D eigenvalue weighted by atomic mass is 10.2. The molecule has 24 heavy (non-hydrogen) atoms. The number of carbonyl (C=O) groups excluding carboxylic acids is 1. The van der Waals surface area contributed by atoms with E-state index in [1.807, 2.05) is 6.92 Å². The summed E-state index contributed by atoms with van der Waals surface area (Å²) in [4.78, 5) is 12.0. The van der Waals surface area contributed by atoms with E-state index in [1.165, 1.54) is 33.3 Å². The van der Waals surface area contributed by atoms with E-state index in [9.17, 15) is 13.2 Å². The van der Waals surface area contributed by atoms with Gasteiger partial charge in [-0.05, 0) is 49.5 Å². The maximum atomic E-state index is 12.4. The first-order valence-electron chi connectivity index (χ1n) is 7.85. The summed E-state index contributed by atoms with van der Waals surface area (Å²) in [5, 5.41) is 2.92. The maximum absolute atomic E-state index is 12.4. The molecule has 7 heteroatoms. The topological polar surface area (TPSA) is 75.7 Å². The highest BCUT2D eigenvalue weighted by atomic mass is 32.2. The van der Waals surface area contributed by atoms with Crippen molar-refractivity contribution in [2.24, 2.45) is 5.92 Å². The second-order valence-electron chi connectivity index (χ2n) is 6.17. The van der Waals surface area contributed by atoms with Crippen molar-refractivity contribution in [3.05, 3.63) is 29.8 Å². The van der Waals surface area contributed by atoms with Gasteiger partial charge in [-0.25, -0.2) is 12.7 Å². The Kier molecular flexibility index (Phi) is 5.66. The van der Waals surface area contributed by atoms with Crippen LogP contribution in [0.3, 0.4) is 0 Å². The smallest absolute Gasteiger partial charge is 0.246 e. The standard InChI is InChI=1S/C17H24N2O4S/c1-12(14-7-8-14)18-17(20)10-6-13-5-9-15(23-4)16(11-13)24(21,22)19(2)3/h5-6,9-12,14H,7-8H2,1-4H3,(H,18,20)/b10-6+. The summed E-state index contributed by atoms with van der Waals surface area (Å²) in [6.45, 7) is 2.00. The fourth-order valence-electron chi connectivity index (χ4n) is 2.35. The van der Waals surface area contributed by atoms with Crippen molar-refractivity contribution in [1.82, 2.24) is 9.62 Å². The van der Waals surface area contributed by atoms with Gasteiger partial charge < -0.3 is 10.1 Å². The van der Waals surface area contributed by atoms with Crippen LogP contribution in [0.15, 0.2) is 29.2 Å². The van der Waals surface area contributed by atoms with Gasteiger partial charge in [0.15, 0.2) is 0 Å². The Morgan fingerprint density at radius 1 is 1.38 bits per heavy atom. The van der Waals surface area contributed by atoms with Gasteiger partial charge in [0, 0.05) is 26.2 Å². The normalized spacial score (nSPS) is 16.4. The molecule has 0 aliphatic heterocycles. The SMILES string of the molecule is COc1ccc(/C=C/C(=O)NC(C)C2CC2)cc1S(=O)(=O)N(C)C. The Balaban J connectivity index is 2.19. The molecule has 1 aliphatic rings. The lowest BCUT2D eigenvalue weighted by Crippen LogP contribution is -2.32. The zero-order valence-electron chi connectivity index (χ0n) is 14.4. The first-order chi connectivity index (χ1) is 11.3. The van der Waals surface area contributed by atoms with E-state index in [-0.39, 0.29) is 22.6 Å². The van der Waals surface area contributed by atoms with Crippen LogP contribution < -0.4 is 10.1 Å². The molecule has 0 aromatic heterocycles. The van der Waals surface area contributed by atoms with Crippen molar-refractivity contribution in [2.45, 2.75) is 30.7 Å². The summed E-state index contributed by atoms with van der Waals surface area (Å²) in [5.74, 6) is 0.676. The van der Waals surface area contributed by atoms with Gasteiger partial charge in [0.1, 0.15) is 10.6 Å². The molecule has 1 atom stereocenters. The lowest BCUT2D eigenvalue weighted by molar-refractivity contribution is -0.117. The number of benzene rings is 1. The molecule has 0 radical (unpaired) electrons. The van der Waals surface area contributed by atoms with Crippen molar-refractivity contribution >= 4 is 22.0 Å². The van der Waals surface area contributed by atoms with E-state index in [0.717, 1.165) is 17.1 Å². The van der Waals surface area contributed by atoms with Crippen LogP contribution in [0.5, 0.6) is 5.75 Å². The first-order valence-corrected chi connectivity index (χ1v) is 9.29. The molecule has 1 aromatic rings. The molecule has 1 fully saturated rings. The Morgan fingerprint density at radius 2 is 2.04 bits per heavy atom. The average Bonchev–Trinajstić information content (AvgIpc) is 3.37. The second kappa shape index (κ2) is 7.36. The zero-order chi connectivity index (χ0) is 17.9. The number of rotatable bonds is 7. The third kappa shape index (κ3) is 4.36. The number of hydrogen-bond acceptors (Lipinski definition) is 4. The van der Waals surface area contributed by atoms with Crippen LogP contribution in [-0.2, 0) is 14.8 Å². The third-order valence-electron chi connectivity index (χ3n) is 4.07. The van der Waals surface area contributed by atoms with E-state index in [4.69, 9.17) is 4.74 Å². The molecule has 6 nitrogen and oxygen atoms in total. The molecule has 132 valence electrons. The van der Waals surface area contributed by atoms with Crippen LogP contribution in [0.1, 0.15) is 25.3 Å². The van der Waals surface area contributed by atoms with Gasteiger partial charge in [-0.2, -0.15) is 0 Å². The van der Waals surface area contributed by atoms with Crippen LogP contribution in [0.25, 0.3) is 6.08 Å². The van der Waals surface area contributed by atoms with Crippen LogP contribution >= 0.6 is 0 Å². The molecular weight excluding hydrogens is 328 g/mol. The number of sulfonamides is 1. The van der Waals surface area contributed by atoms with Gasteiger partial charge in [0.25, 0.3) is 0 Å². The van der Waals surface area contributed by atoms with Crippen molar-refractivity contribution in [1.29, 1.82) is 0 Å². The van der Waals surface area contributed by atoms with Crippen LogP contribution in [0.2, 0.25) is 0 Å². The molecule has 1 aromatic carbocycles. The number of carbonyl (C=O) groups is 1. The Labute approximate surface area is 143 Å². The number of amides is 1. The van der Waals surface area contributed by atoms with Crippen LogP contribution in [0.4, 0.5) is 0 Å². The summed E-state index contributed by atoms with van der Waals surface area (Å²) in [5.41, 5.74) is 0.616. The summed E-state index contributed by atoms with van der Waals surface area (Å²) >= 11 is 0. The maximum Gasteiger partial charge on any atom is 0.246 e. The fraction of sp³-hybridized carbons (Fsp3) is 0.471. The number of ether oxygens (including phenoxy) is 1. The summed E-state index contributed by atoms with van der Waals surface area (Å²) < 4.78 is 31.0. The number of nitrogens with zero attached hydrogens (tertiary/aromatic N) is 1. The minimum absolute atomic E-state index is 0.0731. The van der Waals surface area contributed by atoms with Gasteiger partial charge in [-0.1, -0.05) is 6.07 Å². The monoisotopic (exact) mass is 352 g/mol. The van der Waals surface area contributed by atoms with Gasteiger partial charge >= 0.3 is 0 Å². The molecule has 1 aliphatic carbocycles. The van der Waals surface area contributed by atoms with E-state index in [1.54, 1.807) is 18.2 Å². The summed E-state index contributed by atoms with van der Waals surface area (Å²) in [7, 11) is 0.719. The molecular formula is C17H24N2O4S. The zero-order valence-corrected chi connectivity index (χ0v) is 15.3. The Morgan fingerprint density at radius 3 is 2.58 bits per heavy atom. The van der Waals surface area contributed by atoms with Gasteiger partial charge in [0.2, 0.25) is 15.9 Å². The second-order valence-corrected chi connectivity index (χ2v) is 8.29. The predicted octanol–water partition coefficient (Wildman–Crippen LogP) is 1.87. The average molecular weight is 352 g/mol. The predicted molar refractivity (Wildman–Crippen MR) is 93.2 cm³/mol. The first kappa shape index (κ1) is 18.5. The fourth-order valence-corrected chi connectivity index (χ4v) is 3.44. The molecule has 1 saturated carbocycles. The molecule has 0 spiro atoms. The summed E-state index contributed by atoms with van der Waals surface area (Å²) in [6, 6.07) is 4.97. The number of hydrogen-bond donors (Lipinski definition) is 1. The Bertz CT molecular complexity index is 737. The molecule has 0 saturated heterocycles. The van der Waals surface area contributed by atoms with E-state index in [0.29, 0.717) is 11.5 Å². The van der Waals surface area contributed by atoms with Gasteiger partial charge in [0.05, 0.1) is 7.11 Å². The van der Waals surface area contributed by atoms with E-state index < -0.39 is 10.0 Å². The van der Waals surface area contributed by atoms with Gasteiger partial charge in [-0.3, -0.25) is 4.79 Å². The van der Waals surface area contributed by atoms with Crippen molar-refractivity contribution in [2.75, 3.05) is 21.2 Å². The highest BCUT2D eigenvalue weighted by molar-refractivity contribution is 7.89. The summed E-state index contributed by atoms with van der Waals surface area (Å²) in [6.07, 6.45) is 5.35. The van der Waals surface area contributed by atoms with Gasteiger partial charge in [-0.15, -0.1) is 0 Å². The van der Waals surface area contributed by atoms with Crippen molar-refractivity contribution < 1.29 is 17.9 Å². The quantitative estimate of drug-likeness (QED) is 0.760. The van der Waals surface area contributed by atoms with E-state index >= 15 is 0 Å². The van der Waals surface area contributed by atoms with Crippen LogP contribution in [0, 0.1) is 5.92 Å². The third-order valence-corrected chi connectivity index (χ3v) is 5.91. The minimum Gasteiger partial charge on any atom is -0.495 e. The van der Waals surface area contributed by atoms with Crippen LogP contribution in [-0.4, -0.2) is 45.9 Å². The highest BCUT2D eigenvalue weighted by Crippen LogP contribution is 2.32. The molecule has 1 unspecified atom stereocenters. The highest BCUT2D eigenvalue weighted by Gasteiger charge is 2.28. The molecule has 2 rings (SSSR count). The van der Waals surface area contributed by atoms with Crippen molar-refractivity contribution in [3.63, 3.8) is 0 Å². The number of nitrogens with one attached hydrogen (secondary N) is 1. The lowest BCUT2D eigenvalue weighted by Gasteiger charge is -2.15. The number of methoxy groups -OCH3 is 1. The molecule has 1 amide bonds. The van der Waals surface area contributed by atoms with E-state index in [2.05, 4.69) is 5.32 Å². The largest absolute Gasteiger partial charge is 0.495 e. The molecule has 0 bridgehead atoms. The molecule has 1 N–H and O–H groups in total.